The van der Waals surface area contributed by atoms with Crippen LogP contribution in [0.15, 0.2) is 48.7 Å². The first-order valence-corrected chi connectivity index (χ1v) is 11.4. The molecule has 1 aromatic carbocycles. The molecule has 4 heterocycles. The maximum atomic E-state index is 13.1. The van der Waals surface area contributed by atoms with E-state index in [2.05, 4.69) is 44.0 Å². The zero-order valence-electron chi connectivity index (χ0n) is 17.9. The lowest BCUT2D eigenvalue weighted by molar-refractivity contribution is 0.0945. The Morgan fingerprint density at radius 2 is 1.74 bits per heavy atom. The number of benzene rings is 1. The Morgan fingerprint density at radius 1 is 0.935 bits per heavy atom. The molecular formula is C25H29N5O. The van der Waals surface area contributed by atoms with E-state index in [0.29, 0.717) is 12.2 Å². The number of hydrogen-bond acceptors (Lipinski definition) is 4. The number of anilines is 1. The second-order valence-corrected chi connectivity index (χ2v) is 8.46. The summed E-state index contributed by atoms with van der Waals surface area (Å²) in [5.41, 5.74) is 3.70. The molecule has 2 aliphatic rings. The van der Waals surface area contributed by atoms with Crippen LogP contribution in [0.4, 0.5) is 5.82 Å². The quantitative estimate of drug-likeness (QED) is 0.678. The van der Waals surface area contributed by atoms with Crippen molar-refractivity contribution >= 4 is 11.7 Å². The summed E-state index contributed by atoms with van der Waals surface area (Å²) in [6.45, 7) is 3.54. The number of fused-ring (bicyclic) bond motifs is 1. The standard InChI is InChI=1S/C25H29N5O/c31-25(27-18-19-12-13-22(26-17-19)29-14-7-8-15-29)23-21-11-5-2-6-16-30(21)24(28-23)20-9-3-1-4-10-20/h1,3-4,9-10,12-13,17H,2,5-8,11,14-16,18H2,(H,27,31). The van der Waals surface area contributed by atoms with E-state index in [9.17, 15) is 4.79 Å². The van der Waals surface area contributed by atoms with Crippen LogP contribution in [-0.2, 0) is 19.5 Å². The summed E-state index contributed by atoms with van der Waals surface area (Å²) in [5.74, 6) is 1.83. The SMILES string of the molecule is O=C(NCc1ccc(N2CCCC2)nc1)c1nc(-c2ccccc2)n2c1CCCCC2. The van der Waals surface area contributed by atoms with Gasteiger partial charge in [0.15, 0.2) is 0 Å². The molecule has 0 bridgehead atoms. The molecule has 2 aliphatic heterocycles. The molecule has 1 fully saturated rings. The summed E-state index contributed by atoms with van der Waals surface area (Å²) in [6, 6.07) is 14.3. The van der Waals surface area contributed by atoms with Crippen molar-refractivity contribution in [3.63, 3.8) is 0 Å². The van der Waals surface area contributed by atoms with E-state index in [1.807, 2.05) is 24.4 Å². The van der Waals surface area contributed by atoms with Crippen molar-refractivity contribution in [2.75, 3.05) is 18.0 Å². The van der Waals surface area contributed by atoms with Crippen molar-refractivity contribution in [3.05, 3.63) is 65.6 Å². The van der Waals surface area contributed by atoms with Crippen LogP contribution in [0.2, 0.25) is 0 Å². The van der Waals surface area contributed by atoms with Crippen LogP contribution in [0.5, 0.6) is 0 Å². The fourth-order valence-electron chi connectivity index (χ4n) is 4.63. The van der Waals surface area contributed by atoms with Gasteiger partial charge in [0.05, 0.1) is 5.69 Å². The van der Waals surface area contributed by atoms with Gasteiger partial charge in [-0.15, -0.1) is 0 Å². The summed E-state index contributed by atoms with van der Waals surface area (Å²) in [5, 5.41) is 3.07. The highest BCUT2D eigenvalue weighted by molar-refractivity contribution is 5.94. The molecule has 0 aliphatic carbocycles. The fourth-order valence-corrected chi connectivity index (χ4v) is 4.63. The normalized spacial score (nSPS) is 16.1. The van der Waals surface area contributed by atoms with Gasteiger partial charge in [-0.25, -0.2) is 9.97 Å². The molecule has 6 nitrogen and oxygen atoms in total. The Morgan fingerprint density at radius 3 is 2.52 bits per heavy atom. The Labute approximate surface area is 183 Å². The van der Waals surface area contributed by atoms with Crippen molar-refractivity contribution in [2.45, 2.75) is 51.6 Å². The first kappa shape index (κ1) is 19.8. The van der Waals surface area contributed by atoms with E-state index in [4.69, 9.17) is 4.98 Å². The number of hydrogen-bond donors (Lipinski definition) is 1. The molecule has 3 aromatic rings. The predicted molar refractivity (Wildman–Crippen MR) is 122 cm³/mol. The van der Waals surface area contributed by atoms with Crippen molar-refractivity contribution in [3.8, 4) is 11.4 Å². The van der Waals surface area contributed by atoms with Gasteiger partial charge in [-0.05, 0) is 43.7 Å². The molecule has 1 saturated heterocycles. The van der Waals surface area contributed by atoms with E-state index in [-0.39, 0.29) is 5.91 Å². The monoisotopic (exact) mass is 415 g/mol. The number of imidazole rings is 1. The van der Waals surface area contributed by atoms with E-state index < -0.39 is 0 Å². The lowest BCUT2D eigenvalue weighted by Gasteiger charge is -2.16. The topological polar surface area (TPSA) is 63.1 Å². The van der Waals surface area contributed by atoms with Gasteiger partial charge in [0, 0.05) is 37.9 Å². The lowest BCUT2D eigenvalue weighted by Crippen LogP contribution is -2.25. The molecule has 31 heavy (non-hydrogen) atoms. The molecule has 2 aromatic heterocycles. The molecule has 0 unspecified atom stereocenters. The first-order chi connectivity index (χ1) is 15.3. The Hall–Kier alpha value is -3.15. The number of nitrogens with zero attached hydrogens (tertiary/aromatic N) is 4. The minimum Gasteiger partial charge on any atom is -0.357 e. The minimum absolute atomic E-state index is 0.101. The molecule has 0 atom stereocenters. The lowest BCUT2D eigenvalue weighted by atomic mass is 10.1. The zero-order chi connectivity index (χ0) is 21.0. The highest BCUT2D eigenvalue weighted by atomic mass is 16.1. The molecule has 5 rings (SSSR count). The van der Waals surface area contributed by atoms with Gasteiger partial charge < -0.3 is 14.8 Å². The summed E-state index contributed by atoms with van der Waals surface area (Å²) in [7, 11) is 0. The number of aromatic nitrogens is 3. The number of rotatable bonds is 5. The predicted octanol–water partition coefficient (Wildman–Crippen LogP) is 4.20. The Bertz CT molecular complexity index is 1040. The zero-order valence-corrected chi connectivity index (χ0v) is 17.9. The van der Waals surface area contributed by atoms with Crippen molar-refractivity contribution < 1.29 is 4.79 Å². The highest BCUT2D eigenvalue weighted by Gasteiger charge is 2.24. The average Bonchev–Trinajstić information content (AvgIpc) is 3.41. The van der Waals surface area contributed by atoms with E-state index in [1.54, 1.807) is 0 Å². The van der Waals surface area contributed by atoms with E-state index >= 15 is 0 Å². The Kier molecular flexibility index (Phi) is 5.69. The number of carbonyl (C=O) groups is 1. The van der Waals surface area contributed by atoms with Crippen LogP contribution in [0, 0.1) is 0 Å². The molecule has 160 valence electrons. The smallest absolute Gasteiger partial charge is 0.272 e. The molecule has 0 radical (unpaired) electrons. The van der Waals surface area contributed by atoms with Crippen LogP contribution in [0.25, 0.3) is 11.4 Å². The number of carbonyl (C=O) groups excluding carboxylic acids is 1. The molecule has 1 amide bonds. The fraction of sp³-hybridized carbons (Fsp3) is 0.400. The second kappa shape index (κ2) is 8.92. The van der Waals surface area contributed by atoms with Gasteiger partial charge in [-0.2, -0.15) is 0 Å². The summed E-state index contributed by atoms with van der Waals surface area (Å²) >= 11 is 0. The van der Waals surface area contributed by atoms with Gasteiger partial charge in [-0.1, -0.05) is 42.8 Å². The van der Waals surface area contributed by atoms with Crippen LogP contribution in [0.3, 0.4) is 0 Å². The van der Waals surface area contributed by atoms with Gasteiger partial charge in [0.2, 0.25) is 0 Å². The molecule has 1 N–H and O–H groups in total. The average molecular weight is 416 g/mol. The van der Waals surface area contributed by atoms with Gasteiger partial charge in [0.1, 0.15) is 17.3 Å². The number of nitrogens with one attached hydrogen (secondary N) is 1. The van der Waals surface area contributed by atoms with Gasteiger partial charge in [-0.3, -0.25) is 4.79 Å². The summed E-state index contributed by atoms with van der Waals surface area (Å²) in [6.07, 6.45) is 8.65. The summed E-state index contributed by atoms with van der Waals surface area (Å²) < 4.78 is 2.25. The number of amides is 1. The molecule has 6 heteroatoms. The van der Waals surface area contributed by atoms with Crippen LogP contribution < -0.4 is 10.2 Å². The molecular weight excluding hydrogens is 386 g/mol. The largest absolute Gasteiger partial charge is 0.357 e. The van der Waals surface area contributed by atoms with Crippen LogP contribution in [-0.4, -0.2) is 33.5 Å². The minimum atomic E-state index is -0.101. The van der Waals surface area contributed by atoms with Crippen molar-refractivity contribution in [1.29, 1.82) is 0 Å². The van der Waals surface area contributed by atoms with Crippen molar-refractivity contribution in [1.82, 2.24) is 19.9 Å². The van der Waals surface area contributed by atoms with Gasteiger partial charge in [0.25, 0.3) is 5.91 Å². The van der Waals surface area contributed by atoms with Gasteiger partial charge >= 0.3 is 0 Å². The van der Waals surface area contributed by atoms with Crippen LogP contribution >= 0.6 is 0 Å². The Balaban J connectivity index is 1.33. The maximum Gasteiger partial charge on any atom is 0.272 e. The summed E-state index contributed by atoms with van der Waals surface area (Å²) in [4.78, 5) is 24.8. The third-order valence-corrected chi connectivity index (χ3v) is 6.31. The van der Waals surface area contributed by atoms with Crippen LogP contribution in [0.1, 0.15) is 53.8 Å². The first-order valence-electron chi connectivity index (χ1n) is 11.4. The second-order valence-electron chi connectivity index (χ2n) is 8.46. The highest BCUT2D eigenvalue weighted by Crippen LogP contribution is 2.27. The molecule has 0 saturated carbocycles. The molecule has 0 spiro atoms. The number of pyridine rings is 1. The van der Waals surface area contributed by atoms with Crippen molar-refractivity contribution in [2.24, 2.45) is 0 Å². The van der Waals surface area contributed by atoms with E-state index in [0.717, 1.165) is 67.4 Å². The maximum absolute atomic E-state index is 13.1. The van der Waals surface area contributed by atoms with E-state index in [1.165, 1.54) is 19.3 Å². The third-order valence-electron chi connectivity index (χ3n) is 6.31. The third kappa shape index (κ3) is 4.20.